The molecule has 1 aromatic carbocycles. The van der Waals surface area contributed by atoms with Crippen molar-refractivity contribution in [2.45, 2.75) is 65.8 Å². The lowest BCUT2D eigenvalue weighted by Crippen LogP contribution is -2.45. The van der Waals surface area contributed by atoms with Gasteiger partial charge in [-0.1, -0.05) is 15.9 Å². The molecule has 1 N–H and O–H groups in total. The van der Waals surface area contributed by atoms with Crippen LogP contribution in [0.15, 0.2) is 22.7 Å². The third kappa shape index (κ3) is 8.56. The molecule has 0 aliphatic heterocycles. The summed E-state index contributed by atoms with van der Waals surface area (Å²) in [5, 5.41) is 3.38. The van der Waals surface area contributed by atoms with Crippen LogP contribution in [0.4, 0.5) is 4.79 Å². The average molecular weight is 573 g/mol. The number of pyridine rings is 1. The first-order valence-electron chi connectivity index (χ1n) is 11.3. The molecule has 9 nitrogen and oxygen atoms in total. The molecule has 0 spiro atoms. The second-order valence-corrected chi connectivity index (χ2v) is 11.8. The predicted molar refractivity (Wildman–Crippen MR) is 138 cm³/mol. The van der Waals surface area contributed by atoms with Gasteiger partial charge in [-0.3, -0.25) is 9.55 Å². The number of aryl methyl sites for hydroxylation is 1. The number of rotatable bonds is 10. The normalized spacial score (nSPS) is 12.9. The Morgan fingerprint density at radius 3 is 2.31 bits per heavy atom. The number of amides is 1. The molecule has 0 aliphatic carbocycles. The zero-order valence-electron chi connectivity index (χ0n) is 21.3. The van der Waals surface area contributed by atoms with Crippen LogP contribution >= 0.6 is 23.5 Å². The highest BCUT2D eigenvalue weighted by Crippen LogP contribution is 2.52. The molecule has 1 atom stereocenters. The van der Waals surface area contributed by atoms with Crippen molar-refractivity contribution in [3.63, 3.8) is 0 Å². The Labute approximate surface area is 214 Å². The van der Waals surface area contributed by atoms with Gasteiger partial charge in [0.1, 0.15) is 11.6 Å². The van der Waals surface area contributed by atoms with E-state index in [-0.39, 0.29) is 25.8 Å². The molecule has 0 fully saturated rings. The van der Waals surface area contributed by atoms with Gasteiger partial charge < -0.3 is 23.8 Å². The first-order chi connectivity index (χ1) is 16.3. The number of methoxy groups -OCH3 is 1. The highest BCUT2D eigenvalue weighted by atomic mass is 79.9. The minimum absolute atomic E-state index is 0.00937. The molecule has 1 aromatic heterocycles. The third-order valence-electron chi connectivity index (χ3n) is 4.85. The van der Waals surface area contributed by atoms with Gasteiger partial charge in [0.05, 0.1) is 32.0 Å². The predicted octanol–water partition coefficient (Wildman–Crippen LogP) is 5.68. The first-order valence-corrected chi connectivity index (χ1v) is 13.9. The molecule has 11 heteroatoms. The van der Waals surface area contributed by atoms with E-state index in [0.717, 1.165) is 15.4 Å². The largest absolute Gasteiger partial charge is 0.467 e. The highest BCUT2D eigenvalue weighted by molar-refractivity contribution is 9.10. The van der Waals surface area contributed by atoms with E-state index >= 15 is 0 Å². The number of carbonyl (C=O) groups is 2. The van der Waals surface area contributed by atoms with Crippen LogP contribution in [0, 0.1) is 6.92 Å². The SMILES string of the molecule is CCOP(=O)(Cc1cc2cc(Br)c(C)cc2nc1C[C@@H](NC(=O)OC(C)(C)C)C(=O)OC)OCC. The number of esters is 1. The molecule has 194 valence electrons. The van der Waals surface area contributed by atoms with Crippen molar-refractivity contribution in [2.24, 2.45) is 0 Å². The fraction of sp³-hybridized carbons (Fsp3) is 0.542. The summed E-state index contributed by atoms with van der Waals surface area (Å²) in [7, 11) is -2.24. The van der Waals surface area contributed by atoms with Gasteiger partial charge in [0.25, 0.3) is 0 Å². The second-order valence-electron chi connectivity index (χ2n) is 8.92. The summed E-state index contributed by atoms with van der Waals surface area (Å²) in [4.78, 5) is 29.7. The summed E-state index contributed by atoms with van der Waals surface area (Å²) in [6.45, 7) is 11.0. The number of alkyl carbamates (subject to hydrolysis) is 1. The maximum absolute atomic E-state index is 13.3. The number of hydrogen-bond acceptors (Lipinski definition) is 8. The van der Waals surface area contributed by atoms with Gasteiger partial charge in [0.15, 0.2) is 0 Å². The standard InChI is InChI=1S/C24H34BrN2O7P/c1-8-32-35(30,33-9-2)14-17-11-16-12-18(25)15(3)10-19(16)26-20(17)13-21(22(28)31-7)27-23(29)34-24(4,5)6/h10-12,21H,8-9,13-14H2,1-7H3,(H,27,29)/t21-/m1/s1. The van der Waals surface area contributed by atoms with E-state index < -0.39 is 31.3 Å². The quantitative estimate of drug-likeness (QED) is 0.285. The van der Waals surface area contributed by atoms with E-state index in [1.807, 2.05) is 25.1 Å². The van der Waals surface area contributed by atoms with Crippen molar-refractivity contribution in [1.82, 2.24) is 10.3 Å². The molecule has 2 rings (SSSR count). The fourth-order valence-corrected chi connectivity index (χ4v) is 5.50. The van der Waals surface area contributed by atoms with Gasteiger partial charge in [-0.05, 0) is 70.9 Å². The van der Waals surface area contributed by atoms with Crippen LogP contribution in [0.25, 0.3) is 10.9 Å². The van der Waals surface area contributed by atoms with Gasteiger partial charge in [0, 0.05) is 22.0 Å². The Bertz CT molecular complexity index is 1110. The van der Waals surface area contributed by atoms with E-state index in [1.54, 1.807) is 34.6 Å². The Kier molecular flexibility index (Phi) is 10.3. The minimum atomic E-state index is -3.48. The van der Waals surface area contributed by atoms with Gasteiger partial charge in [-0.2, -0.15) is 0 Å². The van der Waals surface area contributed by atoms with Crippen LogP contribution in [0.1, 0.15) is 51.4 Å². The molecule has 0 bridgehead atoms. The Morgan fingerprint density at radius 1 is 1.14 bits per heavy atom. The van der Waals surface area contributed by atoms with Crippen LogP contribution < -0.4 is 5.32 Å². The molecule has 1 amide bonds. The van der Waals surface area contributed by atoms with Crippen molar-refractivity contribution in [3.05, 3.63) is 39.5 Å². The molecule has 1 heterocycles. The summed E-state index contributed by atoms with van der Waals surface area (Å²) in [5.41, 5.74) is 1.97. The van der Waals surface area contributed by atoms with Crippen molar-refractivity contribution in [3.8, 4) is 0 Å². The lowest BCUT2D eigenvalue weighted by atomic mass is 10.0. The smallest absolute Gasteiger partial charge is 0.408 e. The van der Waals surface area contributed by atoms with E-state index in [0.29, 0.717) is 16.8 Å². The van der Waals surface area contributed by atoms with Crippen LogP contribution in [0.5, 0.6) is 0 Å². The van der Waals surface area contributed by atoms with Gasteiger partial charge in [-0.15, -0.1) is 0 Å². The fourth-order valence-electron chi connectivity index (χ4n) is 3.41. The molecule has 2 aromatic rings. The number of fused-ring (bicyclic) bond motifs is 1. The van der Waals surface area contributed by atoms with Crippen molar-refractivity contribution in [1.29, 1.82) is 0 Å². The maximum Gasteiger partial charge on any atom is 0.408 e. The second kappa shape index (κ2) is 12.3. The molecular formula is C24H34BrN2O7P. The number of halogens is 1. The van der Waals surface area contributed by atoms with Crippen molar-refractivity contribution < 1.29 is 32.7 Å². The number of nitrogens with zero attached hydrogens (tertiary/aromatic N) is 1. The van der Waals surface area contributed by atoms with Crippen molar-refractivity contribution >= 4 is 46.5 Å². The topological polar surface area (TPSA) is 113 Å². The van der Waals surface area contributed by atoms with Gasteiger partial charge in [-0.25, -0.2) is 9.59 Å². The van der Waals surface area contributed by atoms with Crippen molar-refractivity contribution in [2.75, 3.05) is 20.3 Å². The van der Waals surface area contributed by atoms with Crippen LogP contribution in [0.3, 0.4) is 0 Å². The Morgan fingerprint density at radius 2 is 1.77 bits per heavy atom. The lowest BCUT2D eigenvalue weighted by molar-refractivity contribution is -0.143. The number of aromatic nitrogens is 1. The monoisotopic (exact) mass is 572 g/mol. The van der Waals surface area contributed by atoms with Crippen LogP contribution in [0.2, 0.25) is 0 Å². The zero-order valence-corrected chi connectivity index (χ0v) is 23.7. The molecule has 0 saturated heterocycles. The van der Waals surface area contributed by atoms with E-state index in [2.05, 4.69) is 21.2 Å². The summed E-state index contributed by atoms with van der Waals surface area (Å²) in [6.07, 6.45) is -0.812. The molecular weight excluding hydrogens is 539 g/mol. The third-order valence-corrected chi connectivity index (χ3v) is 7.74. The molecule has 0 aliphatic rings. The first kappa shape index (κ1) is 29.2. The highest BCUT2D eigenvalue weighted by Gasteiger charge is 2.30. The lowest BCUT2D eigenvalue weighted by Gasteiger charge is -2.23. The minimum Gasteiger partial charge on any atom is -0.467 e. The van der Waals surface area contributed by atoms with E-state index in [1.165, 1.54) is 7.11 Å². The van der Waals surface area contributed by atoms with Crippen LogP contribution in [-0.2, 0) is 40.5 Å². The molecule has 35 heavy (non-hydrogen) atoms. The Hall–Kier alpha value is -2.00. The summed E-state index contributed by atoms with van der Waals surface area (Å²) >= 11 is 3.54. The number of carbonyl (C=O) groups excluding carboxylic acids is 2. The number of nitrogens with one attached hydrogen (secondary N) is 1. The Balaban J connectivity index is 2.55. The summed E-state index contributed by atoms with van der Waals surface area (Å²) in [5.74, 6) is -0.659. The maximum atomic E-state index is 13.3. The van der Waals surface area contributed by atoms with E-state index in [4.69, 9.17) is 23.5 Å². The summed E-state index contributed by atoms with van der Waals surface area (Å²) < 4.78 is 35.4. The summed E-state index contributed by atoms with van der Waals surface area (Å²) in [6, 6.07) is 4.61. The number of ether oxygens (including phenoxy) is 2. The van der Waals surface area contributed by atoms with Gasteiger partial charge in [0.2, 0.25) is 0 Å². The molecule has 0 radical (unpaired) electrons. The average Bonchev–Trinajstić information content (AvgIpc) is 2.73. The number of benzene rings is 1. The van der Waals surface area contributed by atoms with Gasteiger partial charge >= 0.3 is 19.7 Å². The molecule has 0 saturated carbocycles. The zero-order chi connectivity index (χ0) is 26.4. The van der Waals surface area contributed by atoms with Crippen LogP contribution in [-0.4, -0.2) is 49.0 Å². The number of hydrogen-bond donors (Lipinski definition) is 1. The van der Waals surface area contributed by atoms with E-state index in [9.17, 15) is 14.2 Å². The molecule has 0 unspecified atom stereocenters.